The monoisotopic (exact) mass is 375 g/mol. The molecule has 1 aliphatic heterocycles. The quantitative estimate of drug-likeness (QED) is 0.674. The number of anilines is 1. The van der Waals surface area contributed by atoms with Crippen LogP contribution in [0.4, 0.5) is 5.69 Å². The molecule has 0 radical (unpaired) electrons. The first kappa shape index (κ1) is 17.9. The predicted molar refractivity (Wildman–Crippen MR) is 107 cm³/mol. The van der Waals surface area contributed by atoms with E-state index in [1.54, 1.807) is 7.11 Å². The van der Waals surface area contributed by atoms with Gasteiger partial charge in [0, 0.05) is 16.8 Å². The topological polar surface area (TPSA) is 56.8 Å². The van der Waals surface area contributed by atoms with Crippen molar-refractivity contribution in [3.05, 3.63) is 90.0 Å². The molecule has 0 aromatic heterocycles. The molecule has 1 aliphatic rings. The lowest BCUT2D eigenvalue weighted by molar-refractivity contribution is -0.160. The summed E-state index contributed by atoms with van der Waals surface area (Å²) in [5.41, 5.74) is 1.04. The van der Waals surface area contributed by atoms with Gasteiger partial charge in [0.1, 0.15) is 17.5 Å². The zero-order valence-corrected chi connectivity index (χ0v) is 15.7. The number of nitrogens with one attached hydrogen (secondary N) is 1. The Kier molecular flexibility index (Phi) is 4.65. The molecule has 0 bridgehead atoms. The Hall–Kier alpha value is -3.47. The zero-order valence-electron chi connectivity index (χ0n) is 15.7. The highest BCUT2D eigenvalue weighted by atomic mass is 16.6. The molecule has 142 valence electrons. The maximum absolute atomic E-state index is 13.2. The van der Waals surface area contributed by atoms with Crippen LogP contribution in [0.2, 0.25) is 0 Å². The van der Waals surface area contributed by atoms with Gasteiger partial charge in [-0.1, -0.05) is 48.5 Å². The maximum Gasteiger partial charge on any atom is 0.357 e. The third kappa shape index (κ3) is 2.85. The van der Waals surface area contributed by atoms with Crippen LogP contribution in [0.3, 0.4) is 0 Å². The summed E-state index contributed by atoms with van der Waals surface area (Å²) in [4.78, 5) is 13.2. The largest absolute Gasteiger partial charge is 0.497 e. The van der Waals surface area contributed by atoms with Crippen molar-refractivity contribution in [1.82, 2.24) is 0 Å². The molecule has 0 amide bonds. The number of rotatable bonds is 5. The molecule has 5 nitrogen and oxygen atoms in total. The van der Waals surface area contributed by atoms with Crippen LogP contribution in [-0.2, 0) is 15.1 Å². The van der Waals surface area contributed by atoms with Crippen LogP contribution in [0, 0.1) is 0 Å². The van der Waals surface area contributed by atoms with Crippen molar-refractivity contribution in [2.24, 2.45) is 0 Å². The fraction of sp³-hybridized carbons (Fsp3) is 0.174. The van der Waals surface area contributed by atoms with Gasteiger partial charge in [-0.2, -0.15) is 0 Å². The number of esters is 1. The zero-order chi connectivity index (χ0) is 19.6. The Morgan fingerprint density at radius 3 is 2.46 bits per heavy atom. The van der Waals surface area contributed by atoms with Gasteiger partial charge in [-0.05, 0) is 30.3 Å². The molecule has 0 aliphatic carbocycles. The molecule has 0 unspecified atom stereocenters. The highest BCUT2D eigenvalue weighted by Crippen LogP contribution is 2.51. The number of para-hydroxylation sites is 2. The Labute approximate surface area is 163 Å². The summed E-state index contributed by atoms with van der Waals surface area (Å²) in [6, 6.07) is 24.2. The summed E-state index contributed by atoms with van der Waals surface area (Å²) in [5, 5.41) is 3.47. The Morgan fingerprint density at radius 2 is 1.71 bits per heavy atom. The Bertz CT molecular complexity index is 989. The minimum Gasteiger partial charge on any atom is -0.497 e. The molecule has 5 heteroatoms. The van der Waals surface area contributed by atoms with E-state index >= 15 is 0 Å². The van der Waals surface area contributed by atoms with Crippen LogP contribution in [0.1, 0.15) is 17.2 Å². The van der Waals surface area contributed by atoms with E-state index in [1.165, 1.54) is 7.11 Å². The molecule has 1 N–H and O–H groups in total. The van der Waals surface area contributed by atoms with Gasteiger partial charge in [-0.15, -0.1) is 0 Å². The van der Waals surface area contributed by atoms with Crippen molar-refractivity contribution < 1.29 is 19.0 Å². The molecule has 2 atom stereocenters. The second-order valence-electron chi connectivity index (χ2n) is 6.54. The van der Waals surface area contributed by atoms with Crippen molar-refractivity contribution in [2.45, 2.75) is 11.6 Å². The summed E-state index contributed by atoms with van der Waals surface area (Å²) in [7, 11) is 2.96. The van der Waals surface area contributed by atoms with Crippen LogP contribution in [0.15, 0.2) is 78.9 Å². The van der Waals surface area contributed by atoms with E-state index in [4.69, 9.17) is 14.2 Å². The Balaban J connectivity index is 1.91. The fourth-order valence-electron chi connectivity index (χ4n) is 3.65. The second-order valence-corrected chi connectivity index (χ2v) is 6.54. The third-order valence-electron chi connectivity index (χ3n) is 4.98. The standard InChI is InChI=1S/C23H21NO4/c1-26-18-12-8-9-16(15-18)23(22(25)27-2)21(24-17-10-4-3-5-11-17)19-13-6-7-14-20(19)28-23/h3-15,21,24H,1-2H3/t21-,23+/m1/s1. The molecule has 28 heavy (non-hydrogen) atoms. The fourth-order valence-corrected chi connectivity index (χ4v) is 3.65. The van der Waals surface area contributed by atoms with Crippen molar-refractivity contribution in [1.29, 1.82) is 0 Å². The number of carbonyl (C=O) groups excluding carboxylic acids is 1. The van der Waals surface area contributed by atoms with E-state index < -0.39 is 17.6 Å². The minimum absolute atomic E-state index is 0.481. The lowest BCUT2D eigenvalue weighted by atomic mass is 9.84. The molecule has 0 saturated carbocycles. The van der Waals surface area contributed by atoms with Gasteiger partial charge in [0.2, 0.25) is 0 Å². The van der Waals surface area contributed by atoms with E-state index in [1.807, 2.05) is 78.9 Å². The first-order valence-electron chi connectivity index (χ1n) is 9.01. The molecule has 3 aromatic rings. The van der Waals surface area contributed by atoms with Crippen molar-refractivity contribution >= 4 is 11.7 Å². The summed E-state index contributed by atoms with van der Waals surface area (Å²) in [6.07, 6.45) is 0. The van der Waals surface area contributed by atoms with Gasteiger partial charge in [0.15, 0.2) is 0 Å². The average Bonchev–Trinajstić information content (AvgIpc) is 3.09. The normalized spacial score (nSPS) is 20.0. The number of ether oxygens (including phenoxy) is 3. The van der Waals surface area contributed by atoms with E-state index in [9.17, 15) is 4.79 Å². The summed E-state index contributed by atoms with van der Waals surface area (Å²) in [6.45, 7) is 0. The number of hydrogen-bond acceptors (Lipinski definition) is 5. The van der Waals surface area contributed by atoms with Gasteiger partial charge < -0.3 is 19.5 Å². The molecular formula is C23H21NO4. The molecule has 3 aromatic carbocycles. The van der Waals surface area contributed by atoms with Crippen LogP contribution in [-0.4, -0.2) is 20.2 Å². The predicted octanol–water partition coefficient (Wildman–Crippen LogP) is 4.31. The van der Waals surface area contributed by atoms with Gasteiger partial charge in [-0.25, -0.2) is 4.79 Å². The molecule has 0 saturated heterocycles. The number of methoxy groups -OCH3 is 2. The maximum atomic E-state index is 13.2. The van der Waals surface area contributed by atoms with Crippen LogP contribution >= 0.6 is 0 Å². The SMILES string of the molecule is COC(=O)[C@@]1(c2cccc(OC)c2)Oc2ccccc2[C@H]1Nc1ccccc1. The van der Waals surface area contributed by atoms with Crippen LogP contribution in [0.25, 0.3) is 0 Å². The molecule has 0 spiro atoms. The highest BCUT2D eigenvalue weighted by Gasteiger charge is 2.57. The van der Waals surface area contributed by atoms with Gasteiger partial charge >= 0.3 is 5.97 Å². The average molecular weight is 375 g/mol. The van der Waals surface area contributed by atoms with Crippen molar-refractivity contribution in [2.75, 3.05) is 19.5 Å². The first-order chi connectivity index (χ1) is 13.7. The van der Waals surface area contributed by atoms with E-state index in [0.717, 1.165) is 11.3 Å². The molecule has 4 rings (SSSR count). The van der Waals surface area contributed by atoms with Crippen molar-refractivity contribution in [3.63, 3.8) is 0 Å². The third-order valence-corrected chi connectivity index (χ3v) is 4.98. The molecular weight excluding hydrogens is 354 g/mol. The lowest BCUT2D eigenvalue weighted by Crippen LogP contribution is -2.46. The van der Waals surface area contributed by atoms with E-state index in [2.05, 4.69) is 5.32 Å². The smallest absolute Gasteiger partial charge is 0.357 e. The summed E-state index contributed by atoms with van der Waals surface area (Å²) < 4.78 is 16.9. The number of hydrogen-bond donors (Lipinski definition) is 1. The number of carbonyl (C=O) groups is 1. The number of fused-ring (bicyclic) bond motifs is 1. The Morgan fingerprint density at radius 1 is 0.964 bits per heavy atom. The van der Waals surface area contributed by atoms with Gasteiger partial charge in [-0.3, -0.25) is 0 Å². The highest BCUT2D eigenvalue weighted by molar-refractivity contribution is 5.86. The molecule has 0 fully saturated rings. The van der Waals surface area contributed by atoms with Crippen LogP contribution in [0.5, 0.6) is 11.5 Å². The van der Waals surface area contributed by atoms with Crippen molar-refractivity contribution in [3.8, 4) is 11.5 Å². The van der Waals surface area contributed by atoms with Gasteiger partial charge in [0.25, 0.3) is 5.60 Å². The summed E-state index contributed by atoms with van der Waals surface area (Å²) in [5.74, 6) is 0.799. The second kappa shape index (κ2) is 7.27. The molecule has 1 heterocycles. The summed E-state index contributed by atoms with van der Waals surface area (Å²) >= 11 is 0. The van der Waals surface area contributed by atoms with Gasteiger partial charge in [0.05, 0.1) is 14.2 Å². The van der Waals surface area contributed by atoms with Crippen LogP contribution < -0.4 is 14.8 Å². The van der Waals surface area contributed by atoms with E-state index in [-0.39, 0.29) is 0 Å². The minimum atomic E-state index is -1.39. The van der Waals surface area contributed by atoms with E-state index in [0.29, 0.717) is 17.1 Å². The number of benzene rings is 3. The lowest BCUT2D eigenvalue weighted by Gasteiger charge is -2.33. The first-order valence-corrected chi connectivity index (χ1v) is 9.01.